The molecule has 204 valence electrons. The fourth-order valence-corrected chi connectivity index (χ4v) is 6.03. The minimum atomic E-state index is -0.0564. The van der Waals surface area contributed by atoms with Crippen LogP contribution in [-0.2, 0) is 10.8 Å². The van der Waals surface area contributed by atoms with Crippen molar-refractivity contribution in [3.05, 3.63) is 133 Å². The molecule has 1 aliphatic carbocycles. The third kappa shape index (κ3) is 4.22. The van der Waals surface area contributed by atoms with E-state index in [1.54, 1.807) is 0 Å². The molecule has 2 aromatic heterocycles. The van der Waals surface area contributed by atoms with E-state index in [1.165, 1.54) is 22.3 Å². The molecule has 6 aromatic rings. The number of benzene rings is 4. The highest BCUT2D eigenvalue weighted by Gasteiger charge is 2.45. The van der Waals surface area contributed by atoms with E-state index in [1.807, 2.05) is 66.9 Å². The van der Waals surface area contributed by atoms with Crippen molar-refractivity contribution in [2.45, 2.75) is 38.5 Å². The van der Waals surface area contributed by atoms with Gasteiger partial charge < -0.3 is 0 Å². The van der Waals surface area contributed by atoms with Crippen LogP contribution in [0.3, 0.4) is 0 Å². The van der Waals surface area contributed by atoms with Gasteiger partial charge in [-0.1, -0.05) is 125 Å². The van der Waals surface area contributed by atoms with Crippen molar-refractivity contribution < 1.29 is 0 Å². The lowest BCUT2D eigenvalue weighted by Gasteiger charge is -2.48. The Balaban J connectivity index is 1.29. The van der Waals surface area contributed by atoms with Crippen LogP contribution >= 0.6 is 0 Å². The summed E-state index contributed by atoms with van der Waals surface area (Å²) in [6, 6.07) is 39.8. The van der Waals surface area contributed by atoms with Crippen LogP contribution in [0.1, 0.15) is 38.8 Å². The third-order valence-electron chi connectivity index (χ3n) is 9.16. The smallest absolute Gasteiger partial charge is 0.165 e. The zero-order valence-electron chi connectivity index (χ0n) is 24.3. The first kappa shape index (κ1) is 26.0. The maximum atomic E-state index is 4.91. The molecule has 0 spiro atoms. The van der Waals surface area contributed by atoms with Crippen molar-refractivity contribution in [3.8, 4) is 56.5 Å². The van der Waals surface area contributed by atoms with E-state index in [0.717, 1.165) is 27.9 Å². The van der Waals surface area contributed by atoms with E-state index in [2.05, 4.69) is 82.3 Å². The van der Waals surface area contributed by atoms with Gasteiger partial charge in [-0.05, 0) is 51.3 Å². The molecule has 0 bridgehead atoms. The van der Waals surface area contributed by atoms with Crippen LogP contribution in [0.25, 0.3) is 56.5 Å². The first-order valence-electron chi connectivity index (χ1n) is 14.4. The van der Waals surface area contributed by atoms with E-state index in [9.17, 15) is 0 Å². The van der Waals surface area contributed by atoms with Crippen LogP contribution in [0.4, 0.5) is 0 Å². The molecule has 0 saturated heterocycles. The van der Waals surface area contributed by atoms with Crippen LogP contribution in [0.15, 0.2) is 121 Å². The summed E-state index contributed by atoms with van der Waals surface area (Å²) in [7, 11) is 0. The molecule has 7 rings (SSSR count). The van der Waals surface area contributed by atoms with Gasteiger partial charge in [0, 0.05) is 28.5 Å². The molecule has 4 aromatic carbocycles. The maximum absolute atomic E-state index is 4.91. The molecular formula is C38H32N4. The van der Waals surface area contributed by atoms with Crippen molar-refractivity contribution >= 4 is 0 Å². The summed E-state index contributed by atoms with van der Waals surface area (Å²) in [5, 5.41) is 0. The molecule has 0 amide bonds. The number of hydrogen-bond donors (Lipinski definition) is 0. The van der Waals surface area contributed by atoms with Gasteiger partial charge >= 0.3 is 0 Å². The lowest BCUT2D eigenvalue weighted by molar-refractivity contribution is 0.299. The zero-order valence-corrected chi connectivity index (χ0v) is 24.3. The van der Waals surface area contributed by atoms with E-state index in [-0.39, 0.29) is 10.8 Å². The Morgan fingerprint density at radius 1 is 0.429 bits per heavy atom. The topological polar surface area (TPSA) is 51.6 Å². The summed E-state index contributed by atoms with van der Waals surface area (Å²) in [6.07, 6.45) is 1.87. The van der Waals surface area contributed by atoms with Gasteiger partial charge in [0.15, 0.2) is 17.5 Å². The minimum absolute atomic E-state index is 0.0158. The molecular weight excluding hydrogens is 512 g/mol. The normalized spacial score (nSPS) is 14.6. The Hall–Kier alpha value is -4.96. The SMILES string of the molecule is CC1(C)c2ccccc2-c2ccc(-c3ccc(-c4nc(-c5ccccc5)nc(-c5ccccc5)n4)cn3)cc2C1(C)C. The number of nitrogens with zero attached hydrogens (tertiary/aromatic N) is 4. The molecule has 2 heterocycles. The van der Waals surface area contributed by atoms with Crippen molar-refractivity contribution in [2.75, 3.05) is 0 Å². The van der Waals surface area contributed by atoms with Gasteiger partial charge in [0.05, 0.1) is 5.69 Å². The van der Waals surface area contributed by atoms with Gasteiger partial charge in [0.2, 0.25) is 0 Å². The fraction of sp³-hybridized carbons (Fsp3) is 0.158. The van der Waals surface area contributed by atoms with Gasteiger partial charge in [-0.3, -0.25) is 4.98 Å². The van der Waals surface area contributed by atoms with Crippen LogP contribution in [-0.4, -0.2) is 19.9 Å². The monoisotopic (exact) mass is 544 g/mol. The van der Waals surface area contributed by atoms with Crippen LogP contribution in [0.5, 0.6) is 0 Å². The molecule has 0 fully saturated rings. The predicted molar refractivity (Wildman–Crippen MR) is 171 cm³/mol. The third-order valence-corrected chi connectivity index (χ3v) is 9.16. The Bertz CT molecular complexity index is 1850. The number of rotatable bonds is 4. The Morgan fingerprint density at radius 2 is 0.929 bits per heavy atom. The summed E-state index contributed by atoms with van der Waals surface area (Å²) in [5.74, 6) is 1.89. The van der Waals surface area contributed by atoms with E-state index < -0.39 is 0 Å². The largest absolute Gasteiger partial charge is 0.255 e. The van der Waals surface area contributed by atoms with Gasteiger partial charge in [0.25, 0.3) is 0 Å². The molecule has 0 atom stereocenters. The van der Waals surface area contributed by atoms with Crippen LogP contribution in [0, 0.1) is 0 Å². The van der Waals surface area contributed by atoms with Crippen molar-refractivity contribution in [1.82, 2.24) is 19.9 Å². The second kappa shape index (κ2) is 9.85. The second-order valence-electron chi connectivity index (χ2n) is 12.0. The number of aromatic nitrogens is 4. The molecule has 0 radical (unpaired) electrons. The van der Waals surface area contributed by atoms with Gasteiger partial charge in [-0.25, -0.2) is 15.0 Å². The second-order valence-corrected chi connectivity index (χ2v) is 12.0. The summed E-state index contributed by atoms with van der Waals surface area (Å²) in [4.78, 5) is 19.4. The highest BCUT2D eigenvalue weighted by atomic mass is 15.0. The molecule has 0 N–H and O–H groups in total. The number of fused-ring (bicyclic) bond motifs is 3. The molecule has 0 unspecified atom stereocenters. The molecule has 1 aliphatic rings. The Morgan fingerprint density at radius 3 is 1.52 bits per heavy atom. The summed E-state index contributed by atoms with van der Waals surface area (Å²) >= 11 is 0. The van der Waals surface area contributed by atoms with E-state index in [0.29, 0.717) is 17.5 Å². The summed E-state index contributed by atoms with van der Waals surface area (Å²) < 4.78 is 0. The van der Waals surface area contributed by atoms with E-state index >= 15 is 0 Å². The Kier molecular flexibility index (Phi) is 6.09. The molecule has 0 saturated carbocycles. The van der Waals surface area contributed by atoms with Crippen molar-refractivity contribution in [3.63, 3.8) is 0 Å². The van der Waals surface area contributed by atoms with Gasteiger partial charge in [0.1, 0.15) is 0 Å². The van der Waals surface area contributed by atoms with Gasteiger partial charge in [-0.15, -0.1) is 0 Å². The Labute approximate surface area is 247 Å². The molecule has 4 nitrogen and oxygen atoms in total. The van der Waals surface area contributed by atoms with E-state index in [4.69, 9.17) is 19.9 Å². The standard InChI is InChI=1S/C38H32N4/c1-37(2)31-18-12-11-17-29(31)30-21-19-27(23-32(30)38(37,3)4)33-22-20-28(24-39-33)36-41-34(25-13-7-5-8-14-25)40-35(42-36)26-15-9-6-10-16-26/h5-24H,1-4H3. The first-order chi connectivity index (χ1) is 20.3. The van der Waals surface area contributed by atoms with Crippen LogP contribution in [0.2, 0.25) is 0 Å². The lowest BCUT2D eigenvalue weighted by Crippen LogP contribution is -2.43. The lowest BCUT2D eigenvalue weighted by atomic mass is 9.55. The number of pyridine rings is 1. The van der Waals surface area contributed by atoms with Gasteiger partial charge in [-0.2, -0.15) is 0 Å². The molecule has 42 heavy (non-hydrogen) atoms. The summed E-state index contributed by atoms with van der Waals surface area (Å²) in [6.45, 7) is 9.43. The fourth-order valence-electron chi connectivity index (χ4n) is 6.03. The van der Waals surface area contributed by atoms with Crippen molar-refractivity contribution in [1.29, 1.82) is 0 Å². The molecule has 4 heteroatoms. The predicted octanol–water partition coefficient (Wildman–Crippen LogP) is 9.17. The summed E-state index contributed by atoms with van der Waals surface area (Å²) in [5.41, 5.74) is 10.1. The highest BCUT2D eigenvalue weighted by Crippen LogP contribution is 2.54. The average molecular weight is 545 g/mol. The molecule has 0 aliphatic heterocycles. The minimum Gasteiger partial charge on any atom is -0.255 e. The van der Waals surface area contributed by atoms with Crippen LogP contribution < -0.4 is 0 Å². The van der Waals surface area contributed by atoms with Crippen molar-refractivity contribution in [2.24, 2.45) is 0 Å². The zero-order chi connectivity index (χ0) is 28.9. The maximum Gasteiger partial charge on any atom is 0.165 e. The quantitative estimate of drug-likeness (QED) is 0.222. The number of hydrogen-bond acceptors (Lipinski definition) is 4. The average Bonchev–Trinajstić information content (AvgIpc) is 3.04. The first-order valence-corrected chi connectivity index (χ1v) is 14.4. The highest BCUT2D eigenvalue weighted by molar-refractivity contribution is 5.80.